The molecule has 0 aliphatic rings. The minimum Gasteiger partial charge on any atom is -0.374 e. The van der Waals surface area contributed by atoms with Gasteiger partial charge < -0.3 is 11.1 Å². The summed E-state index contributed by atoms with van der Waals surface area (Å²) in [6.45, 7) is 6.67. The van der Waals surface area contributed by atoms with E-state index in [1.807, 2.05) is 49.7 Å². The van der Waals surface area contributed by atoms with Crippen LogP contribution in [0, 0.1) is 13.8 Å². The molecular weight excluding hydrogens is 264 g/mol. The number of benzene rings is 1. The lowest BCUT2D eigenvalue weighted by atomic mass is 10.1. The van der Waals surface area contributed by atoms with E-state index in [1.165, 1.54) is 0 Å². The molecule has 3 N–H and O–H groups in total. The van der Waals surface area contributed by atoms with Crippen molar-refractivity contribution in [3.8, 4) is 0 Å². The lowest BCUT2D eigenvalue weighted by molar-refractivity contribution is -0.118. The second-order valence-electron chi connectivity index (χ2n) is 5.29. The number of amides is 1. The molecule has 0 aliphatic heterocycles. The topological polar surface area (TPSA) is 72.9 Å². The molecule has 0 aliphatic carbocycles. The van der Waals surface area contributed by atoms with Crippen molar-refractivity contribution in [2.75, 3.05) is 5.32 Å². The van der Waals surface area contributed by atoms with Gasteiger partial charge in [-0.2, -0.15) is 5.10 Å². The van der Waals surface area contributed by atoms with Gasteiger partial charge in [-0.3, -0.25) is 9.48 Å². The maximum Gasteiger partial charge on any atom is 0.239 e. The molecule has 1 atom stereocenters. The Bertz CT molecular complexity index is 633. The summed E-state index contributed by atoms with van der Waals surface area (Å²) in [5.74, 6) is -0.332. The van der Waals surface area contributed by atoms with Crippen molar-refractivity contribution in [3.05, 3.63) is 47.3 Å². The molecule has 1 aromatic heterocycles. The average Bonchev–Trinajstić information content (AvgIpc) is 2.74. The normalized spacial score (nSPS) is 12.1. The van der Waals surface area contributed by atoms with E-state index in [2.05, 4.69) is 16.5 Å². The number of aryl methyl sites for hydroxylation is 2. The Hall–Kier alpha value is -2.30. The summed E-state index contributed by atoms with van der Waals surface area (Å²) in [5.41, 5.74) is 9.55. The van der Waals surface area contributed by atoms with Gasteiger partial charge in [0.1, 0.15) is 6.04 Å². The second kappa shape index (κ2) is 6.43. The maximum atomic E-state index is 11.3. The Balaban J connectivity index is 2.14. The fourth-order valence-corrected chi connectivity index (χ4v) is 2.34. The molecule has 0 radical (unpaired) electrons. The number of carbonyl (C=O) groups is 1. The van der Waals surface area contributed by atoms with E-state index in [4.69, 9.17) is 5.73 Å². The van der Waals surface area contributed by atoms with Gasteiger partial charge >= 0.3 is 0 Å². The van der Waals surface area contributed by atoms with Gasteiger partial charge in [0.25, 0.3) is 0 Å². The summed E-state index contributed by atoms with van der Waals surface area (Å²) in [7, 11) is 0. The molecule has 0 spiro atoms. The summed E-state index contributed by atoms with van der Waals surface area (Å²) in [6.07, 6.45) is 0.664. The molecule has 5 heteroatoms. The first-order valence-electron chi connectivity index (χ1n) is 7.15. The molecule has 0 saturated carbocycles. The van der Waals surface area contributed by atoms with Gasteiger partial charge in [-0.25, -0.2) is 0 Å². The van der Waals surface area contributed by atoms with Crippen LogP contribution in [0.15, 0.2) is 30.3 Å². The zero-order chi connectivity index (χ0) is 15.4. The fraction of sp³-hybridized carbons (Fsp3) is 0.375. The molecular formula is C16H22N4O. The molecule has 0 bridgehead atoms. The van der Waals surface area contributed by atoms with E-state index in [0.29, 0.717) is 13.0 Å². The number of primary amides is 1. The van der Waals surface area contributed by atoms with Crippen LogP contribution < -0.4 is 11.1 Å². The van der Waals surface area contributed by atoms with Gasteiger partial charge in [-0.1, -0.05) is 19.1 Å². The standard InChI is InChI=1S/C16H22N4O/c1-4-15(16(17)21)18-14-7-5-6-13(9-14)10-20-12(3)8-11(2)19-20/h5-9,15,18H,4,10H2,1-3H3,(H2,17,21)/t15-/m0/s1. The van der Waals surface area contributed by atoms with Crippen LogP contribution in [0.1, 0.15) is 30.3 Å². The van der Waals surface area contributed by atoms with E-state index >= 15 is 0 Å². The SMILES string of the molecule is CC[C@H](Nc1cccc(Cn2nc(C)cc2C)c1)C(N)=O. The first-order chi connectivity index (χ1) is 9.99. The van der Waals surface area contributed by atoms with E-state index in [9.17, 15) is 4.79 Å². The maximum absolute atomic E-state index is 11.3. The first-order valence-corrected chi connectivity index (χ1v) is 7.15. The molecule has 1 heterocycles. The molecule has 0 unspecified atom stereocenters. The molecule has 21 heavy (non-hydrogen) atoms. The van der Waals surface area contributed by atoms with Crippen LogP contribution in [0.25, 0.3) is 0 Å². The second-order valence-corrected chi connectivity index (χ2v) is 5.29. The summed E-state index contributed by atoms with van der Waals surface area (Å²) >= 11 is 0. The Kier molecular flexibility index (Phi) is 4.62. The number of nitrogens with two attached hydrogens (primary N) is 1. The zero-order valence-corrected chi connectivity index (χ0v) is 12.8. The fourth-order valence-electron chi connectivity index (χ4n) is 2.34. The van der Waals surface area contributed by atoms with Crippen LogP contribution in [0.5, 0.6) is 0 Å². The summed E-state index contributed by atoms with van der Waals surface area (Å²) < 4.78 is 1.97. The van der Waals surface area contributed by atoms with Crippen molar-refractivity contribution in [2.24, 2.45) is 5.73 Å². The lowest BCUT2D eigenvalue weighted by Crippen LogP contribution is -2.34. The van der Waals surface area contributed by atoms with Crippen LogP contribution in [-0.4, -0.2) is 21.7 Å². The van der Waals surface area contributed by atoms with Crippen LogP contribution in [0.2, 0.25) is 0 Å². The van der Waals surface area contributed by atoms with Crippen molar-refractivity contribution < 1.29 is 4.79 Å². The van der Waals surface area contributed by atoms with Gasteiger partial charge in [0.2, 0.25) is 5.91 Å². The Morgan fingerprint density at radius 2 is 2.14 bits per heavy atom. The molecule has 0 saturated heterocycles. The average molecular weight is 286 g/mol. The van der Waals surface area contributed by atoms with Gasteiger partial charge in [-0.15, -0.1) is 0 Å². The Morgan fingerprint density at radius 3 is 2.71 bits per heavy atom. The number of carbonyl (C=O) groups excluding carboxylic acids is 1. The molecule has 0 fully saturated rings. The van der Waals surface area contributed by atoms with Crippen LogP contribution in [0.4, 0.5) is 5.69 Å². The number of nitrogens with one attached hydrogen (secondary N) is 1. The smallest absolute Gasteiger partial charge is 0.239 e. The molecule has 2 rings (SSSR count). The van der Waals surface area contributed by atoms with Crippen LogP contribution >= 0.6 is 0 Å². The van der Waals surface area contributed by atoms with Gasteiger partial charge in [0.15, 0.2) is 0 Å². The van der Waals surface area contributed by atoms with Gasteiger partial charge in [0.05, 0.1) is 12.2 Å². The highest BCUT2D eigenvalue weighted by molar-refractivity contribution is 5.82. The van der Waals surface area contributed by atoms with E-state index in [1.54, 1.807) is 0 Å². The van der Waals surface area contributed by atoms with Crippen molar-refractivity contribution in [1.82, 2.24) is 9.78 Å². The summed E-state index contributed by atoms with van der Waals surface area (Å²) in [5, 5.41) is 7.63. The van der Waals surface area contributed by atoms with Crippen molar-refractivity contribution in [1.29, 1.82) is 0 Å². The number of hydrogen-bond acceptors (Lipinski definition) is 3. The number of hydrogen-bond donors (Lipinski definition) is 2. The number of rotatable bonds is 6. The third-order valence-corrected chi connectivity index (χ3v) is 3.46. The van der Waals surface area contributed by atoms with Gasteiger partial charge in [-0.05, 0) is 44.0 Å². The minimum absolute atomic E-state index is 0.332. The largest absolute Gasteiger partial charge is 0.374 e. The Labute approximate surface area is 125 Å². The summed E-state index contributed by atoms with van der Waals surface area (Å²) in [6, 6.07) is 9.71. The highest BCUT2D eigenvalue weighted by Gasteiger charge is 2.12. The third kappa shape index (κ3) is 3.84. The lowest BCUT2D eigenvalue weighted by Gasteiger charge is -2.15. The number of anilines is 1. The van der Waals surface area contributed by atoms with Crippen molar-refractivity contribution in [2.45, 2.75) is 39.8 Å². The van der Waals surface area contributed by atoms with E-state index in [-0.39, 0.29) is 11.9 Å². The molecule has 2 aromatic rings. The third-order valence-electron chi connectivity index (χ3n) is 3.46. The van der Waals surface area contributed by atoms with E-state index in [0.717, 1.165) is 22.6 Å². The highest BCUT2D eigenvalue weighted by atomic mass is 16.1. The monoisotopic (exact) mass is 286 g/mol. The molecule has 112 valence electrons. The van der Waals surface area contributed by atoms with E-state index < -0.39 is 0 Å². The van der Waals surface area contributed by atoms with Crippen LogP contribution in [0.3, 0.4) is 0 Å². The quantitative estimate of drug-likeness (QED) is 0.855. The number of aromatic nitrogens is 2. The first kappa shape index (κ1) is 15.1. The molecule has 1 amide bonds. The molecule has 1 aromatic carbocycles. The predicted octanol–water partition coefficient (Wildman–Crippen LogP) is 2.22. The molecule has 5 nitrogen and oxygen atoms in total. The van der Waals surface area contributed by atoms with Crippen molar-refractivity contribution in [3.63, 3.8) is 0 Å². The number of nitrogens with zero attached hydrogens (tertiary/aromatic N) is 2. The van der Waals surface area contributed by atoms with Crippen LogP contribution in [-0.2, 0) is 11.3 Å². The Morgan fingerprint density at radius 1 is 1.38 bits per heavy atom. The van der Waals surface area contributed by atoms with Gasteiger partial charge in [0, 0.05) is 11.4 Å². The zero-order valence-electron chi connectivity index (χ0n) is 12.8. The van der Waals surface area contributed by atoms with Crippen molar-refractivity contribution >= 4 is 11.6 Å². The predicted molar refractivity (Wildman–Crippen MR) is 84.1 cm³/mol. The summed E-state index contributed by atoms with van der Waals surface area (Å²) in [4.78, 5) is 11.3. The highest BCUT2D eigenvalue weighted by Crippen LogP contribution is 2.15. The minimum atomic E-state index is -0.339.